The first-order valence-electron chi connectivity index (χ1n) is 7.29. The highest BCUT2D eigenvalue weighted by atomic mass is 79.9. The molecule has 0 spiro atoms. The Balaban J connectivity index is 1.89. The lowest BCUT2D eigenvalue weighted by atomic mass is 9.68. The average Bonchev–Trinajstić information content (AvgIpc) is 2.25. The smallest absolute Gasteiger partial charge is 0.225 e. The van der Waals surface area contributed by atoms with Crippen molar-refractivity contribution in [1.82, 2.24) is 4.90 Å². The van der Waals surface area contributed by atoms with E-state index in [4.69, 9.17) is 0 Å². The maximum absolute atomic E-state index is 12.6. The van der Waals surface area contributed by atoms with E-state index >= 15 is 0 Å². The number of halogens is 1. The minimum absolute atomic E-state index is 0.196. The Hall–Kier alpha value is -0.0500. The topological polar surface area (TPSA) is 20.3 Å². The highest BCUT2D eigenvalue weighted by molar-refractivity contribution is 9.09. The Morgan fingerprint density at radius 3 is 2.56 bits per heavy atom. The van der Waals surface area contributed by atoms with Crippen molar-refractivity contribution in [3.8, 4) is 0 Å². The Morgan fingerprint density at radius 2 is 2.00 bits per heavy atom. The second kappa shape index (κ2) is 5.52. The lowest BCUT2D eigenvalue weighted by Gasteiger charge is -2.41. The standard InChI is InChI=1S/C15H26BrNO/c1-15(2)7-5-4-6-13(15)14(18)17(3)10-11-8-12(16)9-11/h11-13H,4-10H2,1-3H3. The molecule has 0 radical (unpaired) electrons. The molecule has 0 heterocycles. The van der Waals surface area contributed by atoms with Crippen LogP contribution in [0.4, 0.5) is 0 Å². The number of amides is 1. The molecule has 0 aromatic rings. The van der Waals surface area contributed by atoms with Crippen LogP contribution in [0, 0.1) is 17.3 Å². The second-order valence-corrected chi connectivity index (χ2v) is 8.24. The molecule has 2 aliphatic rings. The van der Waals surface area contributed by atoms with Gasteiger partial charge in [-0.2, -0.15) is 0 Å². The summed E-state index contributed by atoms with van der Waals surface area (Å²) in [5, 5.41) is 0. The minimum atomic E-state index is 0.196. The maximum Gasteiger partial charge on any atom is 0.225 e. The van der Waals surface area contributed by atoms with Crippen molar-refractivity contribution in [2.24, 2.45) is 17.3 Å². The highest BCUT2D eigenvalue weighted by Crippen LogP contribution is 2.42. The molecule has 2 fully saturated rings. The van der Waals surface area contributed by atoms with Gasteiger partial charge in [0, 0.05) is 24.3 Å². The van der Waals surface area contributed by atoms with Crippen molar-refractivity contribution >= 4 is 21.8 Å². The third kappa shape index (κ3) is 3.09. The molecule has 18 heavy (non-hydrogen) atoms. The normalized spacial score (nSPS) is 34.8. The molecular formula is C15H26BrNO. The van der Waals surface area contributed by atoms with Gasteiger partial charge in [0.15, 0.2) is 0 Å². The van der Waals surface area contributed by atoms with Gasteiger partial charge in [-0.25, -0.2) is 0 Å². The van der Waals surface area contributed by atoms with Crippen molar-refractivity contribution in [3.05, 3.63) is 0 Å². The van der Waals surface area contributed by atoms with Crippen molar-refractivity contribution < 1.29 is 4.79 Å². The molecule has 2 nitrogen and oxygen atoms in total. The summed E-state index contributed by atoms with van der Waals surface area (Å²) in [5.74, 6) is 1.35. The van der Waals surface area contributed by atoms with Crippen LogP contribution in [0.5, 0.6) is 0 Å². The molecule has 1 unspecified atom stereocenters. The van der Waals surface area contributed by atoms with Crippen LogP contribution in [0.25, 0.3) is 0 Å². The quantitative estimate of drug-likeness (QED) is 0.725. The maximum atomic E-state index is 12.6. The van der Waals surface area contributed by atoms with Crippen molar-refractivity contribution in [1.29, 1.82) is 0 Å². The molecule has 0 N–H and O–H groups in total. The van der Waals surface area contributed by atoms with Gasteiger partial charge in [0.25, 0.3) is 0 Å². The van der Waals surface area contributed by atoms with Crippen LogP contribution in [-0.4, -0.2) is 29.2 Å². The zero-order valence-corrected chi connectivity index (χ0v) is 13.5. The largest absolute Gasteiger partial charge is 0.345 e. The fourth-order valence-electron chi connectivity index (χ4n) is 3.50. The first-order chi connectivity index (χ1) is 8.40. The number of hydrogen-bond acceptors (Lipinski definition) is 1. The third-order valence-corrected chi connectivity index (χ3v) is 5.64. The molecular weight excluding hydrogens is 290 g/mol. The van der Waals surface area contributed by atoms with Crippen molar-refractivity contribution in [3.63, 3.8) is 0 Å². The Kier molecular flexibility index (Phi) is 4.40. The SMILES string of the molecule is CN(CC1CC(Br)C1)C(=O)C1CCCCC1(C)C. The van der Waals surface area contributed by atoms with Crippen LogP contribution < -0.4 is 0 Å². The molecule has 104 valence electrons. The van der Waals surface area contributed by atoms with E-state index in [-0.39, 0.29) is 11.3 Å². The van der Waals surface area contributed by atoms with Gasteiger partial charge in [-0.05, 0) is 37.0 Å². The lowest BCUT2D eigenvalue weighted by molar-refractivity contribution is -0.140. The molecule has 1 atom stereocenters. The fourth-order valence-corrected chi connectivity index (χ4v) is 4.56. The zero-order chi connectivity index (χ0) is 13.3. The summed E-state index contributed by atoms with van der Waals surface area (Å²) in [6.07, 6.45) is 7.25. The predicted octanol–water partition coefficient (Wildman–Crippen LogP) is 3.83. The van der Waals surface area contributed by atoms with Crippen LogP contribution in [0.15, 0.2) is 0 Å². The molecule has 0 saturated heterocycles. The minimum Gasteiger partial charge on any atom is -0.345 e. The molecule has 0 aromatic carbocycles. The first-order valence-corrected chi connectivity index (χ1v) is 8.21. The first kappa shape index (κ1) is 14.4. The van der Waals surface area contributed by atoms with Crippen LogP contribution in [0.1, 0.15) is 52.4 Å². The predicted molar refractivity (Wildman–Crippen MR) is 78.8 cm³/mol. The number of rotatable bonds is 3. The molecule has 0 aliphatic heterocycles. The summed E-state index contributed by atoms with van der Waals surface area (Å²) in [6, 6.07) is 0. The zero-order valence-electron chi connectivity index (χ0n) is 11.9. The summed E-state index contributed by atoms with van der Waals surface area (Å²) < 4.78 is 0. The fraction of sp³-hybridized carbons (Fsp3) is 0.933. The van der Waals surface area contributed by atoms with E-state index < -0.39 is 0 Å². The van der Waals surface area contributed by atoms with E-state index in [1.807, 2.05) is 11.9 Å². The van der Waals surface area contributed by atoms with E-state index in [1.54, 1.807) is 0 Å². The number of alkyl halides is 1. The van der Waals surface area contributed by atoms with Gasteiger partial charge in [0.05, 0.1) is 0 Å². The monoisotopic (exact) mass is 315 g/mol. The third-order valence-electron chi connectivity index (χ3n) is 4.89. The number of nitrogens with zero attached hydrogens (tertiary/aromatic N) is 1. The Bertz CT molecular complexity index is 310. The van der Waals surface area contributed by atoms with E-state index in [2.05, 4.69) is 29.8 Å². The van der Waals surface area contributed by atoms with E-state index in [1.165, 1.54) is 32.1 Å². The van der Waals surface area contributed by atoms with Crippen LogP contribution >= 0.6 is 15.9 Å². The summed E-state index contributed by atoms with van der Waals surface area (Å²) in [4.78, 5) is 15.3. The van der Waals surface area contributed by atoms with Crippen LogP contribution in [-0.2, 0) is 4.79 Å². The number of carbonyl (C=O) groups excluding carboxylic acids is 1. The number of carbonyl (C=O) groups is 1. The van der Waals surface area contributed by atoms with Gasteiger partial charge >= 0.3 is 0 Å². The molecule has 2 saturated carbocycles. The Labute approximate surface area is 120 Å². The molecule has 1 amide bonds. The summed E-state index contributed by atoms with van der Waals surface area (Å²) in [5.41, 5.74) is 0.196. The molecule has 2 aliphatic carbocycles. The lowest BCUT2D eigenvalue weighted by Crippen LogP contribution is -2.45. The summed E-state index contributed by atoms with van der Waals surface area (Å²) in [7, 11) is 1.99. The van der Waals surface area contributed by atoms with Gasteiger partial charge in [0.2, 0.25) is 5.91 Å². The number of hydrogen-bond donors (Lipinski definition) is 0. The summed E-state index contributed by atoms with van der Waals surface area (Å²) >= 11 is 3.62. The molecule has 3 heteroatoms. The van der Waals surface area contributed by atoms with E-state index in [0.29, 0.717) is 10.7 Å². The van der Waals surface area contributed by atoms with Gasteiger partial charge in [0.1, 0.15) is 0 Å². The van der Waals surface area contributed by atoms with Crippen molar-refractivity contribution in [2.45, 2.75) is 57.2 Å². The van der Waals surface area contributed by atoms with Crippen LogP contribution in [0.3, 0.4) is 0 Å². The highest BCUT2D eigenvalue weighted by Gasteiger charge is 2.39. The van der Waals surface area contributed by atoms with Gasteiger partial charge in [-0.15, -0.1) is 0 Å². The molecule has 0 aromatic heterocycles. The van der Waals surface area contributed by atoms with E-state index in [9.17, 15) is 4.79 Å². The van der Waals surface area contributed by atoms with Crippen molar-refractivity contribution in [2.75, 3.05) is 13.6 Å². The average molecular weight is 316 g/mol. The van der Waals surface area contributed by atoms with Crippen LogP contribution in [0.2, 0.25) is 0 Å². The van der Waals surface area contributed by atoms with Gasteiger partial charge in [-0.1, -0.05) is 42.6 Å². The molecule has 0 bridgehead atoms. The Morgan fingerprint density at radius 1 is 1.33 bits per heavy atom. The van der Waals surface area contributed by atoms with Gasteiger partial charge in [-0.3, -0.25) is 4.79 Å². The second-order valence-electron chi connectivity index (χ2n) is 6.94. The van der Waals surface area contributed by atoms with E-state index in [0.717, 1.165) is 18.9 Å². The summed E-state index contributed by atoms with van der Waals surface area (Å²) in [6.45, 7) is 5.48. The molecule has 2 rings (SSSR count). The van der Waals surface area contributed by atoms with Gasteiger partial charge < -0.3 is 4.90 Å².